The van der Waals surface area contributed by atoms with Gasteiger partial charge in [0, 0.05) is 18.8 Å². The number of hydrogen-bond donors (Lipinski definition) is 1. The minimum atomic E-state index is -0.389. The molecule has 1 heterocycles. The summed E-state index contributed by atoms with van der Waals surface area (Å²) in [5, 5.41) is 6.96. The second kappa shape index (κ2) is 8.79. The molecule has 1 aromatic heterocycles. The van der Waals surface area contributed by atoms with Gasteiger partial charge < -0.3 is 15.0 Å². The fourth-order valence-electron chi connectivity index (χ4n) is 2.06. The van der Waals surface area contributed by atoms with Crippen LogP contribution in [0, 0.1) is 0 Å². The highest BCUT2D eigenvalue weighted by Gasteiger charge is 2.04. The highest BCUT2D eigenvalue weighted by Crippen LogP contribution is 2.09. The van der Waals surface area contributed by atoms with E-state index in [2.05, 4.69) is 20.1 Å². The molecule has 1 amide bonds. The third-order valence-electron chi connectivity index (χ3n) is 3.44. The van der Waals surface area contributed by atoms with Crippen molar-refractivity contribution in [3.63, 3.8) is 0 Å². The number of carbonyl (C=O) groups is 2. The van der Waals surface area contributed by atoms with Crippen LogP contribution in [0.3, 0.4) is 0 Å². The van der Waals surface area contributed by atoms with Gasteiger partial charge in [0.05, 0.1) is 31.1 Å². The molecule has 0 radical (unpaired) electrons. The molecule has 0 saturated carbocycles. The number of hydrogen-bond acceptors (Lipinski definition) is 5. The van der Waals surface area contributed by atoms with E-state index in [-0.39, 0.29) is 11.9 Å². The number of rotatable bonds is 7. The summed E-state index contributed by atoms with van der Waals surface area (Å²) in [4.78, 5) is 25.4. The lowest BCUT2D eigenvalue weighted by Gasteiger charge is -2.08. The molecule has 0 atom stereocenters. The van der Waals surface area contributed by atoms with E-state index in [4.69, 9.17) is 0 Å². The van der Waals surface area contributed by atoms with E-state index in [0.717, 1.165) is 18.7 Å². The summed E-state index contributed by atoms with van der Waals surface area (Å²) in [5.41, 5.74) is 1.92. The van der Waals surface area contributed by atoms with E-state index < -0.39 is 0 Å². The first-order valence-electron chi connectivity index (χ1n) is 7.82. The van der Waals surface area contributed by atoms with E-state index in [0.29, 0.717) is 11.3 Å². The van der Waals surface area contributed by atoms with Crippen LogP contribution in [0.1, 0.15) is 15.9 Å². The monoisotopic (exact) mass is 342 g/mol. The second-order valence-corrected chi connectivity index (χ2v) is 5.73. The Bertz CT molecular complexity index is 748. The second-order valence-electron chi connectivity index (χ2n) is 5.73. The van der Waals surface area contributed by atoms with Gasteiger partial charge in [0.1, 0.15) is 0 Å². The van der Waals surface area contributed by atoms with Gasteiger partial charge in [0.25, 0.3) is 0 Å². The molecule has 132 valence electrons. The Kier molecular flexibility index (Phi) is 6.47. The number of benzene rings is 1. The van der Waals surface area contributed by atoms with Gasteiger partial charge >= 0.3 is 5.97 Å². The predicted molar refractivity (Wildman–Crippen MR) is 96.2 cm³/mol. The minimum Gasteiger partial charge on any atom is -0.465 e. The van der Waals surface area contributed by atoms with Crippen LogP contribution >= 0.6 is 0 Å². The molecule has 1 aromatic carbocycles. The first-order chi connectivity index (χ1) is 12.0. The quantitative estimate of drug-likeness (QED) is 0.614. The van der Waals surface area contributed by atoms with Gasteiger partial charge in [-0.15, -0.1) is 0 Å². The number of likely N-dealkylation sites (N-methyl/N-ethyl adjacent to an activating group) is 1. The largest absolute Gasteiger partial charge is 0.465 e. The highest BCUT2D eigenvalue weighted by atomic mass is 16.5. The van der Waals surface area contributed by atoms with Gasteiger partial charge in [0.15, 0.2) is 0 Å². The summed E-state index contributed by atoms with van der Waals surface area (Å²) >= 11 is 0. The molecule has 2 aromatic rings. The first kappa shape index (κ1) is 18.4. The fraction of sp³-hybridized carbons (Fsp3) is 0.278. The van der Waals surface area contributed by atoms with E-state index in [1.165, 1.54) is 13.2 Å². The number of anilines is 1. The van der Waals surface area contributed by atoms with Crippen LogP contribution in [0.2, 0.25) is 0 Å². The zero-order valence-corrected chi connectivity index (χ0v) is 14.6. The van der Waals surface area contributed by atoms with Gasteiger partial charge in [-0.25, -0.2) is 4.79 Å². The van der Waals surface area contributed by atoms with Gasteiger partial charge in [-0.05, 0) is 37.9 Å². The molecule has 7 heteroatoms. The molecule has 25 heavy (non-hydrogen) atoms. The molecule has 1 N–H and O–H groups in total. The number of esters is 1. The molecule has 0 spiro atoms. The van der Waals surface area contributed by atoms with E-state index >= 15 is 0 Å². The minimum absolute atomic E-state index is 0.246. The summed E-state index contributed by atoms with van der Waals surface area (Å²) in [6.45, 7) is 1.63. The molecule has 0 aliphatic rings. The molecule has 0 aliphatic carbocycles. The molecule has 2 rings (SSSR count). The lowest BCUT2D eigenvalue weighted by Crippen LogP contribution is -2.18. The number of nitrogens with zero attached hydrogens (tertiary/aromatic N) is 3. The maximum atomic E-state index is 12.0. The summed E-state index contributed by atoms with van der Waals surface area (Å²) in [6, 6.07) is 6.79. The Morgan fingerprint density at radius 2 is 2.00 bits per heavy atom. The molecular formula is C18H22N4O3. The molecule has 0 saturated heterocycles. The van der Waals surface area contributed by atoms with Gasteiger partial charge in [-0.3, -0.25) is 9.48 Å². The highest BCUT2D eigenvalue weighted by molar-refractivity contribution is 6.01. The van der Waals surface area contributed by atoms with Crippen LogP contribution in [0.25, 0.3) is 6.08 Å². The zero-order valence-electron chi connectivity index (χ0n) is 14.6. The van der Waals surface area contributed by atoms with Crippen LogP contribution in [0.5, 0.6) is 0 Å². The molecule has 7 nitrogen and oxygen atoms in total. The molecule has 0 aliphatic heterocycles. The standard InChI is InChI=1S/C18H22N4O3/c1-21(2)10-11-22-13-16(12-19-22)20-17(23)9-6-14-4-7-15(8-5-14)18(24)25-3/h4-9,12-13H,10-11H2,1-3H3,(H,20,23). The lowest BCUT2D eigenvalue weighted by molar-refractivity contribution is -0.111. The van der Waals surface area contributed by atoms with Crippen molar-refractivity contribution in [3.05, 3.63) is 53.9 Å². The van der Waals surface area contributed by atoms with Crippen molar-refractivity contribution in [3.8, 4) is 0 Å². The zero-order chi connectivity index (χ0) is 18.2. The first-order valence-corrected chi connectivity index (χ1v) is 7.82. The van der Waals surface area contributed by atoms with Gasteiger partial charge in [0.2, 0.25) is 5.91 Å². The van der Waals surface area contributed by atoms with Crippen molar-refractivity contribution >= 4 is 23.6 Å². The van der Waals surface area contributed by atoms with Crippen molar-refractivity contribution in [2.75, 3.05) is 33.1 Å². The molecular weight excluding hydrogens is 320 g/mol. The third kappa shape index (κ3) is 5.89. The summed E-state index contributed by atoms with van der Waals surface area (Å²) in [5.74, 6) is -0.635. The Morgan fingerprint density at radius 3 is 2.64 bits per heavy atom. The predicted octanol–water partition coefficient (Wildman–Crippen LogP) is 1.88. The van der Waals surface area contributed by atoms with Crippen molar-refractivity contribution in [1.82, 2.24) is 14.7 Å². The Morgan fingerprint density at radius 1 is 1.28 bits per heavy atom. The van der Waals surface area contributed by atoms with E-state index in [1.54, 1.807) is 47.4 Å². The topological polar surface area (TPSA) is 76.5 Å². The van der Waals surface area contributed by atoms with Crippen LogP contribution in [0.4, 0.5) is 5.69 Å². The Hall–Kier alpha value is -2.93. The summed E-state index contributed by atoms with van der Waals surface area (Å²) < 4.78 is 6.42. The van der Waals surface area contributed by atoms with E-state index in [1.807, 2.05) is 14.1 Å². The number of methoxy groups -OCH3 is 1. The maximum absolute atomic E-state index is 12.0. The van der Waals surface area contributed by atoms with Crippen molar-refractivity contribution in [2.45, 2.75) is 6.54 Å². The molecule has 0 fully saturated rings. The lowest BCUT2D eigenvalue weighted by atomic mass is 10.1. The van der Waals surface area contributed by atoms with Gasteiger partial charge in [-0.2, -0.15) is 5.10 Å². The number of amides is 1. The van der Waals surface area contributed by atoms with Crippen LogP contribution in [0.15, 0.2) is 42.7 Å². The van der Waals surface area contributed by atoms with Crippen LogP contribution in [-0.2, 0) is 16.1 Å². The normalized spacial score (nSPS) is 11.0. The van der Waals surface area contributed by atoms with Crippen LogP contribution < -0.4 is 5.32 Å². The smallest absolute Gasteiger partial charge is 0.337 e. The Balaban J connectivity index is 1.89. The third-order valence-corrected chi connectivity index (χ3v) is 3.44. The number of nitrogens with one attached hydrogen (secondary N) is 1. The summed E-state index contributed by atoms with van der Waals surface area (Å²) in [6.07, 6.45) is 6.52. The molecule has 0 unspecified atom stereocenters. The fourth-order valence-corrected chi connectivity index (χ4v) is 2.06. The van der Waals surface area contributed by atoms with Crippen molar-refractivity contribution in [2.24, 2.45) is 0 Å². The number of carbonyl (C=O) groups excluding carboxylic acids is 2. The summed E-state index contributed by atoms with van der Waals surface area (Å²) in [7, 11) is 5.33. The van der Waals surface area contributed by atoms with E-state index in [9.17, 15) is 9.59 Å². The van der Waals surface area contributed by atoms with Crippen molar-refractivity contribution < 1.29 is 14.3 Å². The number of ether oxygens (including phenoxy) is 1. The van der Waals surface area contributed by atoms with Crippen LogP contribution in [-0.4, -0.2) is 54.3 Å². The van der Waals surface area contributed by atoms with Gasteiger partial charge in [-0.1, -0.05) is 12.1 Å². The average molecular weight is 342 g/mol. The average Bonchev–Trinajstić information content (AvgIpc) is 3.05. The Labute approximate surface area is 146 Å². The number of aromatic nitrogens is 2. The SMILES string of the molecule is COC(=O)c1ccc(C=CC(=O)Nc2cnn(CCN(C)C)c2)cc1. The maximum Gasteiger partial charge on any atom is 0.337 e. The van der Waals surface area contributed by atoms with Crippen molar-refractivity contribution in [1.29, 1.82) is 0 Å². The molecule has 0 bridgehead atoms.